The van der Waals surface area contributed by atoms with Gasteiger partial charge in [-0.05, 0) is 33.8 Å². The standard InChI is InChI=1S/C15H23NO2/c1-14(2)10-16(11-15(3,4)18-14)13-8-6-5-7-12(13)9-17/h5-8,17H,9-11H2,1-4H3. The lowest BCUT2D eigenvalue weighted by atomic mass is 9.97. The van der Waals surface area contributed by atoms with Gasteiger partial charge in [0.1, 0.15) is 0 Å². The van der Waals surface area contributed by atoms with Crippen LogP contribution in [0.5, 0.6) is 0 Å². The van der Waals surface area contributed by atoms with E-state index in [9.17, 15) is 5.11 Å². The summed E-state index contributed by atoms with van der Waals surface area (Å²) >= 11 is 0. The first-order chi connectivity index (χ1) is 8.33. The minimum atomic E-state index is -0.176. The monoisotopic (exact) mass is 249 g/mol. The summed E-state index contributed by atoms with van der Waals surface area (Å²) in [5, 5.41) is 9.45. The van der Waals surface area contributed by atoms with Crippen molar-refractivity contribution in [1.29, 1.82) is 0 Å². The van der Waals surface area contributed by atoms with E-state index in [-0.39, 0.29) is 17.8 Å². The Morgan fingerprint density at radius 2 is 1.67 bits per heavy atom. The van der Waals surface area contributed by atoms with Gasteiger partial charge in [-0.3, -0.25) is 0 Å². The summed E-state index contributed by atoms with van der Waals surface area (Å²) in [6.45, 7) is 10.2. The molecular weight excluding hydrogens is 226 g/mol. The fourth-order valence-corrected chi connectivity index (χ4v) is 2.91. The number of ether oxygens (including phenoxy) is 1. The van der Waals surface area contributed by atoms with Crippen LogP contribution in [-0.4, -0.2) is 29.4 Å². The van der Waals surface area contributed by atoms with Crippen molar-refractivity contribution in [3.63, 3.8) is 0 Å². The zero-order chi connectivity index (χ0) is 13.4. The Morgan fingerprint density at radius 3 is 2.22 bits per heavy atom. The third kappa shape index (κ3) is 2.85. The number of aliphatic hydroxyl groups is 1. The second kappa shape index (κ2) is 4.56. The highest BCUT2D eigenvalue weighted by molar-refractivity contribution is 5.54. The van der Waals surface area contributed by atoms with Crippen LogP contribution < -0.4 is 4.90 Å². The van der Waals surface area contributed by atoms with Gasteiger partial charge >= 0.3 is 0 Å². The molecule has 1 aliphatic rings. The quantitative estimate of drug-likeness (QED) is 0.874. The molecule has 1 aromatic carbocycles. The molecule has 0 radical (unpaired) electrons. The van der Waals surface area contributed by atoms with Crippen LogP contribution in [0.25, 0.3) is 0 Å². The van der Waals surface area contributed by atoms with Gasteiger partial charge in [0.15, 0.2) is 0 Å². The Hall–Kier alpha value is -1.06. The van der Waals surface area contributed by atoms with Gasteiger partial charge in [0.05, 0.1) is 17.8 Å². The van der Waals surface area contributed by atoms with Crippen LogP contribution in [-0.2, 0) is 11.3 Å². The van der Waals surface area contributed by atoms with Crippen LogP contribution in [0.2, 0.25) is 0 Å². The SMILES string of the molecule is CC1(C)CN(c2ccccc2CO)CC(C)(C)O1. The van der Waals surface area contributed by atoms with Crippen molar-refractivity contribution in [3.8, 4) is 0 Å². The zero-order valence-electron chi connectivity index (χ0n) is 11.7. The van der Waals surface area contributed by atoms with Crippen LogP contribution in [0.15, 0.2) is 24.3 Å². The fourth-order valence-electron chi connectivity index (χ4n) is 2.91. The summed E-state index contributed by atoms with van der Waals surface area (Å²) < 4.78 is 6.08. The topological polar surface area (TPSA) is 32.7 Å². The smallest absolute Gasteiger partial charge is 0.0808 e. The largest absolute Gasteiger partial charge is 0.392 e. The molecule has 0 saturated carbocycles. The van der Waals surface area contributed by atoms with Crippen molar-refractivity contribution in [2.45, 2.75) is 45.5 Å². The van der Waals surface area contributed by atoms with Gasteiger partial charge < -0.3 is 14.7 Å². The van der Waals surface area contributed by atoms with E-state index in [0.29, 0.717) is 0 Å². The summed E-state index contributed by atoms with van der Waals surface area (Å²) in [7, 11) is 0. The van der Waals surface area contributed by atoms with E-state index in [4.69, 9.17) is 4.74 Å². The van der Waals surface area contributed by atoms with Crippen molar-refractivity contribution >= 4 is 5.69 Å². The maximum Gasteiger partial charge on any atom is 0.0808 e. The summed E-state index contributed by atoms with van der Waals surface area (Å²) in [6, 6.07) is 8.03. The minimum Gasteiger partial charge on any atom is -0.392 e. The fraction of sp³-hybridized carbons (Fsp3) is 0.600. The molecule has 1 N–H and O–H groups in total. The van der Waals surface area contributed by atoms with Crippen molar-refractivity contribution in [2.24, 2.45) is 0 Å². The predicted octanol–water partition coefficient (Wildman–Crippen LogP) is 2.57. The molecule has 1 saturated heterocycles. The molecule has 18 heavy (non-hydrogen) atoms. The zero-order valence-corrected chi connectivity index (χ0v) is 11.7. The first-order valence-electron chi connectivity index (χ1n) is 6.47. The normalized spacial score (nSPS) is 21.9. The highest BCUT2D eigenvalue weighted by Crippen LogP contribution is 2.32. The number of anilines is 1. The van der Waals surface area contributed by atoms with E-state index in [2.05, 4.69) is 38.7 Å². The number of morpholine rings is 1. The first-order valence-corrected chi connectivity index (χ1v) is 6.47. The molecule has 3 heteroatoms. The summed E-state index contributed by atoms with van der Waals surface area (Å²) in [4.78, 5) is 2.31. The van der Waals surface area contributed by atoms with E-state index in [0.717, 1.165) is 24.3 Å². The average molecular weight is 249 g/mol. The average Bonchev–Trinajstić information content (AvgIpc) is 2.24. The minimum absolute atomic E-state index is 0.0778. The molecule has 0 aliphatic carbocycles. The molecule has 100 valence electrons. The number of benzene rings is 1. The Morgan fingerprint density at radius 1 is 1.11 bits per heavy atom. The van der Waals surface area contributed by atoms with Crippen molar-refractivity contribution in [3.05, 3.63) is 29.8 Å². The van der Waals surface area contributed by atoms with Gasteiger partial charge in [-0.2, -0.15) is 0 Å². The van der Waals surface area contributed by atoms with Gasteiger partial charge in [-0.1, -0.05) is 18.2 Å². The number of rotatable bonds is 2. The lowest BCUT2D eigenvalue weighted by Crippen LogP contribution is -2.57. The number of para-hydroxylation sites is 1. The van der Waals surface area contributed by atoms with Crippen molar-refractivity contribution in [1.82, 2.24) is 0 Å². The third-order valence-electron chi connectivity index (χ3n) is 3.20. The molecule has 0 unspecified atom stereocenters. The summed E-state index contributed by atoms with van der Waals surface area (Å²) in [5.74, 6) is 0. The van der Waals surface area contributed by atoms with Crippen molar-refractivity contribution in [2.75, 3.05) is 18.0 Å². The molecule has 0 amide bonds. The first kappa shape index (κ1) is 13.4. The molecule has 3 nitrogen and oxygen atoms in total. The second-order valence-corrected chi connectivity index (χ2v) is 6.26. The molecule has 0 spiro atoms. The number of hydrogen-bond acceptors (Lipinski definition) is 3. The van der Waals surface area contributed by atoms with Gasteiger partial charge in [-0.25, -0.2) is 0 Å². The summed E-state index contributed by atoms with van der Waals surface area (Å²) in [5.41, 5.74) is 1.74. The molecule has 2 rings (SSSR count). The molecule has 0 bridgehead atoms. The molecule has 0 atom stereocenters. The van der Waals surface area contributed by atoms with Crippen molar-refractivity contribution < 1.29 is 9.84 Å². The Labute approximate surface area is 109 Å². The molecular formula is C15H23NO2. The van der Waals surface area contributed by atoms with Gasteiger partial charge in [0.2, 0.25) is 0 Å². The Bertz CT molecular complexity index is 410. The molecule has 1 aliphatic heterocycles. The van der Waals surface area contributed by atoms with Crippen LogP contribution >= 0.6 is 0 Å². The predicted molar refractivity (Wildman–Crippen MR) is 73.8 cm³/mol. The maximum atomic E-state index is 9.45. The van der Waals surface area contributed by atoms with E-state index in [1.807, 2.05) is 18.2 Å². The highest BCUT2D eigenvalue weighted by atomic mass is 16.5. The Kier molecular flexibility index (Phi) is 3.39. The molecule has 1 fully saturated rings. The van der Waals surface area contributed by atoms with Crippen LogP contribution in [0, 0.1) is 0 Å². The molecule has 1 aromatic rings. The van der Waals surface area contributed by atoms with E-state index < -0.39 is 0 Å². The number of hydrogen-bond donors (Lipinski definition) is 1. The number of nitrogens with zero attached hydrogens (tertiary/aromatic N) is 1. The Balaban J connectivity index is 2.32. The maximum absolute atomic E-state index is 9.45. The lowest BCUT2D eigenvalue weighted by molar-refractivity contribution is -0.133. The second-order valence-electron chi connectivity index (χ2n) is 6.26. The van der Waals surface area contributed by atoms with E-state index in [1.54, 1.807) is 0 Å². The molecule has 0 aromatic heterocycles. The summed E-state index contributed by atoms with van der Waals surface area (Å²) in [6.07, 6.45) is 0. The van der Waals surface area contributed by atoms with Gasteiger partial charge in [0, 0.05) is 24.3 Å². The van der Waals surface area contributed by atoms with E-state index >= 15 is 0 Å². The van der Waals surface area contributed by atoms with Gasteiger partial charge in [-0.15, -0.1) is 0 Å². The molecule has 1 heterocycles. The van der Waals surface area contributed by atoms with Crippen LogP contribution in [0.1, 0.15) is 33.3 Å². The van der Waals surface area contributed by atoms with E-state index in [1.165, 1.54) is 0 Å². The number of aliphatic hydroxyl groups excluding tert-OH is 1. The van der Waals surface area contributed by atoms with Crippen LogP contribution in [0.3, 0.4) is 0 Å². The third-order valence-corrected chi connectivity index (χ3v) is 3.20. The van der Waals surface area contributed by atoms with Gasteiger partial charge in [0.25, 0.3) is 0 Å². The van der Waals surface area contributed by atoms with Crippen LogP contribution in [0.4, 0.5) is 5.69 Å². The highest BCUT2D eigenvalue weighted by Gasteiger charge is 2.38. The lowest BCUT2D eigenvalue weighted by Gasteiger charge is -2.48.